The molecule has 1 nitrogen and oxygen atoms in total. The fourth-order valence-corrected chi connectivity index (χ4v) is 1.78. The SMILES string of the molecule is CO.c1ccc(-c2cccs2)cc1. The molecule has 0 spiro atoms. The Balaban J connectivity index is 0.000000396. The predicted octanol–water partition coefficient (Wildman–Crippen LogP) is 3.02. The maximum absolute atomic E-state index is 7.00. The standard InChI is InChI=1S/C10H8S.CH4O/c1-2-5-9(6-3-1)10-7-4-8-11-10;1-2/h1-8H;2H,1H3. The van der Waals surface area contributed by atoms with Gasteiger partial charge in [0, 0.05) is 12.0 Å². The van der Waals surface area contributed by atoms with Crippen LogP contribution in [-0.4, -0.2) is 12.2 Å². The second kappa shape index (κ2) is 5.51. The third-order valence-corrected chi connectivity index (χ3v) is 2.50. The molecule has 0 unspecified atom stereocenters. The molecule has 1 aromatic heterocycles. The summed E-state index contributed by atoms with van der Waals surface area (Å²) in [6.45, 7) is 0. The highest BCUT2D eigenvalue weighted by Gasteiger charge is 1.93. The first-order valence-corrected chi connectivity index (χ1v) is 4.88. The third-order valence-electron chi connectivity index (χ3n) is 1.58. The van der Waals surface area contributed by atoms with Gasteiger partial charge in [-0.25, -0.2) is 0 Å². The molecule has 0 atom stereocenters. The first-order valence-electron chi connectivity index (χ1n) is 4.00. The van der Waals surface area contributed by atoms with E-state index in [0.29, 0.717) is 0 Å². The van der Waals surface area contributed by atoms with Gasteiger partial charge >= 0.3 is 0 Å². The molecule has 0 bridgehead atoms. The van der Waals surface area contributed by atoms with E-state index < -0.39 is 0 Å². The average molecular weight is 192 g/mol. The van der Waals surface area contributed by atoms with Crippen molar-refractivity contribution in [3.63, 3.8) is 0 Å². The molecule has 0 fully saturated rings. The van der Waals surface area contributed by atoms with Gasteiger partial charge in [0.1, 0.15) is 0 Å². The van der Waals surface area contributed by atoms with Crippen molar-refractivity contribution in [1.82, 2.24) is 0 Å². The normalized spacial score (nSPS) is 8.77. The van der Waals surface area contributed by atoms with Gasteiger partial charge in [0.15, 0.2) is 0 Å². The number of rotatable bonds is 1. The molecule has 0 saturated carbocycles. The first-order chi connectivity index (χ1) is 6.47. The van der Waals surface area contributed by atoms with Gasteiger partial charge in [-0.3, -0.25) is 0 Å². The number of hydrogen-bond acceptors (Lipinski definition) is 2. The Hall–Kier alpha value is -1.12. The summed E-state index contributed by atoms with van der Waals surface area (Å²) in [6.07, 6.45) is 0. The lowest BCUT2D eigenvalue weighted by atomic mass is 10.2. The molecule has 2 aromatic rings. The van der Waals surface area contributed by atoms with Crippen LogP contribution >= 0.6 is 11.3 Å². The van der Waals surface area contributed by atoms with Crippen LogP contribution in [0.15, 0.2) is 47.8 Å². The van der Waals surface area contributed by atoms with Crippen LogP contribution in [0.5, 0.6) is 0 Å². The van der Waals surface area contributed by atoms with Crippen molar-refractivity contribution in [2.75, 3.05) is 7.11 Å². The minimum Gasteiger partial charge on any atom is -0.400 e. The summed E-state index contributed by atoms with van der Waals surface area (Å²) in [7, 11) is 1.00. The molecule has 2 rings (SSSR count). The number of benzene rings is 1. The van der Waals surface area contributed by atoms with E-state index >= 15 is 0 Å². The first kappa shape index (κ1) is 9.96. The molecule has 0 amide bonds. The van der Waals surface area contributed by atoms with Gasteiger partial charge in [-0.15, -0.1) is 11.3 Å². The molecular formula is C11H12OS. The van der Waals surface area contributed by atoms with Crippen molar-refractivity contribution in [2.45, 2.75) is 0 Å². The summed E-state index contributed by atoms with van der Waals surface area (Å²) in [5.74, 6) is 0. The summed E-state index contributed by atoms with van der Waals surface area (Å²) >= 11 is 1.78. The molecule has 1 N–H and O–H groups in total. The highest BCUT2D eigenvalue weighted by Crippen LogP contribution is 2.23. The molecule has 0 aliphatic rings. The zero-order valence-corrected chi connectivity index (χ0v) is 8.29. The second-order valence-electron chi connectivity index (χ2n) is 2.34. The number of hydrogen-bond donors (Lipinski definition) is 1. The molecule has 0 radical (unpaired) electrons. The van der Waals surface area contributed by atoms with Crippen molar-refractivity contribution in [3.05, 3.63) is 47.8 Å². The van der Waals surface area contributed by atoms with Crippen molar-refractivity contribution in [3.8, 4) is 10.4 Å². The van der Waals surface area contributed by atoms with E-state index in [9.17, 15) is 0 Å². The van der Waals surface area contributed by atoms with Gasteiger partial charge < -0.3 is 5.11 Å². The van der Waals surface area contributed by atoms with Crippen LogP contribution in [0, 0.1) is 0 Å². The third kappa shape index (κ3) is 2.68. The van der Waals surface area contributed by atoms with Gasteiger partial charge in [-0.1, -0.05) is 36.4 Å². The molecule has 0 aliphatic carbocycles. The zero-order valence-electron chi connectivity index (χ0n) is 7.47. The fourth-order valence-electron chi connectivity index (χ4n) is 1.05. The number of aliphatic hydroxyl groups is 1. The highest BCUT2D eigenvalue weighted by molar-refractivity contribution is 7.13. The quantitative estimate of drug-likeness (QED) is 0.736. The van der Waals surface area contributed by atoms with E-state index in [4.69, 9.17) is 5.11 Å². The van der Waals surface area contributed by atoms with E-state index in [-0.39, 0.29) is 0 Å². The largest absolute Gasteiger partial charge is 0.400 e. The molecule has 13 heavy (non-hydrogen) atoms. The summed E-state index contributed by atoms with van der Waals surface area (Å²) in [5.41, 5.74) is 1.31. The van der Waals surface area contributed by atoms with E-state index in [1.807, 2.05) is 6.07 Å². The lowest BCUT2D eigenvalue weighted by Crippen LogP contribution is -1.67. The smallest absolute Gasteiger partial charge is 0.0342 e. The van der Waals surface area contributed by atoms with Crippen molar-refractivity contribution in [1.29, 1.82) is 0 Å². The monoisotopic (exact) mass is 192 g/mol. The van der Waals surface area contributed by atoms with Crippen LogP contribution in [0.3, 0.4) is 0 Å². The Morgan fingerprint density at radius 3 is 2.15 bits per heavy atom. The summed E-state index contributed by atoms with van der Waals surface area (Å²) in [4.78, 5) is 1.34. The minimum absolute atomic E-state index is 1.00. The highest BCUT2D eigenvalue weighted by atomic mass is 32.1. The van der Waals surface area contributed by atoms with Crippen LogP contribution in [0.4, 0.5) is 0 Å². The van der Waals surface area contributed by atoms with Crippen molar-refractivity contribution >= 4 is 11.3 Å². The van der Waals surface area contributed by atoms with Crippen molar-refractivity contribution < 1.29 is 5.11 Å². The van der Waals surface area contributed by atoms with Crippen LogP contribution in [0.2, 0.25) is 0 Å². The summed E-state index contributed by atoms with van der Waals surface area (Å²) in [6, 6.07) is 14.6. The zero-order chi connectivity index (χ0) is 9.52. The molecule has 1 heterocycles. The van der Waals surface area contributed by atoms with E-state index in [0.717, 1.165) is 7.11 Å². The van der Waals surface area contributed by atoms with Crippen molar-refractivity contribution in [2.24, 2.45) is 0 Å². The van der Waals surface area contributed by atoms with E-state index in [1.165, 1.54) is 10.4 Å². The topological polar surface area (TPSA) is 20.2 Å². The number of thiophene rings is 1. The molecular weight excluding hydrogens is 180 g/mol. The van der Waals surface area contributed by atoms with Crippen LogP contribution in [0.25, 0.3) is 10.4 Å². The Labute approximate surface area is 82.3 Å². The van der Waals surface area contributed by atoms with Gasteiger partial charge in [-0.2, -0.15) is 0 Å². The van der Waals surface area contributed by atoms with Crippen LogP contribution in [0.1, 0.15) is 0 Å². The van der Waals surface area contributed by atoms with E-state index in [2.05, 4.69) is 41.8 Å². The Kier molecular flexibility index (Phi) is 4.23. The fraction of sp³-hybridized carbons (Fsp3) is 0.0909. The van der Waals surface area contributed by atoms with Gasteiger partial charge in [-0.05, 0) is 17.0 Å². The van der Waals surface area contributed by atoms with Gasteiger partial charge in [0.2, 0.25) is 0 Å². The molecule has 68 valence electrons. The predicted molar refractivity (Wildman–Crippen MR) is 57.9 cm³/mol. The van der Waals surface area contributed by atoms with E-state index in [1.54, 1.807) is 11.3 Å². The molecule has 2 heteroatoms. The Morgan fingerprint density at radius 2 is 1.62 bits per heavy atom. The van der Waals surface area contributed by atoms with Crippen LogP contribution in [-0.2, 0) is 0 Å². The van der Waals surface area contributed by atoms with Crippen LogP contribution < -0.4 is 0 Å². The average Bonchev–Trinajstić information content (AvgIpc) is 2.75. The summed E-state index contributed by atoms with van der Waals surface area (Å²) < 4.78 is 0. The molecule has 0 saturated heterocycles. The lowest BCUT2D eigenvalue weighted by molar-refractivity contribution is 0.399. The molecule has 1 aromatic carbocycles. The Bertz CT molecular complexity index is 313. The maximum atomic E-state index is 7.00. The lowest BCUT2D eigenvalue weighted by Gasteiger charge is -1.93. The Morgan fingerprint density at radius 1 is 0.923 bits per heavy atom. The van der Waals surface area contributed by atoms with Gasteiger partial charge in [0.05, 0.1) is 0 Å². The minimum atomic E-state index is 1.00. The van der Waals surface area contributed by atoms with Gasteiger partial charge in [0.25, 0.3) is 0 Å². The number of aliphatic hydroxyl groups excluding tert-OH is 1. The molecule has 0 aliphatic heterocycles. The maximum Gasteiger partial charge on any atom is 0.0342 e. The summed E-state index contributed by atoms with van der Waals surface area (Å²) in [5, 5.41) is 9.10. The second-order valence-corrected chi connectivity index (χ2v) is 3.29.